The number of aromatic amines is 1. The second kappa shape index (κ2) is 3.36. The Labute approximate surface area is 62.0 Å². The highest BCUT2D eigenvalue weighted by Crippen LogP contribution is 2.08. The molecule has 1 rings (SSSR count). The minimum absolute atomic E-state index is 0.165. The number of hydrogen-bond acceptors (Lipinski definition) is 4. The van der Waals surface area contributed by atoms with Crippen molar-refractivity contribution < 1.29 is 0 Å². The predicted molar refractivity (Wildman–Crippen MR) is 39.1 cm³/mol. The molecule has 0 aliphatic rings. The standard InChI is InChI=1S/C5H7N3OS/c1-2-10-4-3-6-8-7-5(4)9/h3H,2H2,1H3,(H,6,7,9). The molecule has 0 atom stereocenters. The highest BCUT2D eigenvalue weighted by atomic mass is 32.2. The van der Waals surface area contributed by atoms with Crippen molar-refractivity contribution in [3.63, 3.8) is 0 Å². The Morgan fingerprint density at radius 1 is 1.80 bits per heavy atom. The summed E-state index contributed by atoms with van der Waals surface area (Å²) in [5.41, 5.74) is -0.165. The van der Waals surface area contributed by atoms with E-state index in [0.717, 1.165) is 5.75 Å². The van der Waals surface area contributed by atoms with Crippen molar-refractivity contribution in [1.82, 2.24) is 15.4 Å². The molecule has 1 heterocycles. The van der Waals surface area contributed by atoms with E-state index >= 15 is 0 Å². The van der Waals surface area contributed by atoms with Crippen LogP contribution in [-0.2, 0) is 0 Å². The molecule has 0 aliphatic carbocycles. The Morgan fingerprint density at radius 2 is 2.60 bits per heavy atom. The molecule has 1 N–H and O–H groups in total. The Kier molecular flexibility index (Phi) is 2.44. The van der Waals surface area contributed by atoms with E-state index in [-0.39, 0.29) is 5.56 Å². The van der Waals surface area contributed by atoms with Gasteiger partial charge in [-0.1, -0.05) is 12.1 Å². The summed E-state index contributed by atoms with van der Waals surface area (Å²) in [7, 11) is 0. The molecule has 0 radical (unpaired) electrons. The van der Waals surface area contributed by atoms with Gasteiger partial charge in [0.15, 0.2) is 0 Å². The molecule has 0 bridgehead atoms. The number of nitrogens with zero attached hydrogens (tertiary/aromatic N) is 2. The van der Waals surface area contributed by atoms with Crippen LogP contribution in [0, 0.1) is 0 Å². The van der Waals surface area contributed by atoms with Gasteiger partial charge in [0.1, 0.15) is 0 Å². The number of H-pyrrole nitrogens is 1. The van der Waals surface area contributed by atoms with Gasteiger partial charge in [-0.05, 0) is 5.75 Å². The first-order chi connectivity index (χ1) is 4.84. The molecule has 10 heavy (non-hydrogen) atoms. The van der Waals surface area contributed by atoms with Crippen LogP contribution in [0.3, 0.4) is 0 Å². The highest BCUT2D eigenvalue weighted by molar-refractivity contribution is 7.99. The number of hydrogen-bond donors (Lipinski definition) is 1. The van der Waals surface area contributed by atoms with Crippen LogP contribution in [0.5, 0.6) is 0 Å². The first kappa shape index (κ1) is 7.27. The Hall–Kier alpha value is -0.840. The van der Waals surface area contributed by atoms with Crippen LogP contribution >= 0.6 is 11.8 Å². The third-order valence-corrected chi connectivity index (χ3v) is 1.80. The average Bonchev–Trinajstić information content (AvgIpc) is 1.94. The molecule has 0 fully saturated rings. The van der Waals surface area contributed by atoms with Gasteiger partial charge in [-0.15, -0.1) is 16.9 Å². The van der Waals surface area contributed by atoms with E-state index in [4.69, 9.17) is 0 Å². The summed E-state index contributed by atoms with van der Waals surface area (Å²) in [4.78, 5) is 11.5. The molecule has 5 heteroatoms. The monoisotopic (exact) mass is 157 g/mol. The van der Waals surface area contributed by atoms with Crippen LogP contribution in [0.25, 0.3) is 0 Å². The van der Waals surface area contributed by atoms with Gasteiger partial charge in [0.05, 0.1) is 11.1 Å². The summed E-state index contributed by atoms with van der Waals surface area (Å²) in [5.74, 6) is 0.870. The van der Waals surface area contributed by atoms with Crippen molar-refractivity contribution in [3.8, 4) is 0 Å². The molecule has 54 valence electrons. The van der Waals surface area contributed by atoms with Crippen LogP contribution in [-0.4, -0.2) is 21.2 Å². The second-order valence-electron chi connectivity index (χ2n) is 1.58. The molecular formula is C5H7N3OS. The van der Waals surface area contributed by atoms with Crippen molar-refractivity contribution in [2.45, 2.75) is 11.8 Å². The van der Waals surface area contributed by atoms with Crippen LogP contribution < -0.4 is 5.56 Å². The summed E-state index contributed by atoms with van der Waals surface area (Å²) in [5, 5.41) is 9.11. The van der Waals surface area contributed by atoms with Gasteiger partial charge in [-0.2, -0.15) is 0 Å². The lowest BCUT2D eigenvalue weighted by Gasteiger charge is -1.91. The van der Waals surface area contributed by atoms with E-state index in [0.29, 0.717) is 4.90 Å². The number of nitrogens with one attached hydrogen (secondary N) is 1. The first-order valence-corrected chi connectivity index (χ1v) is 3.86. The van der Waals surface area contributed by atoms with Crippen LogP contribution in [0.2, 0.25) is 0 Å². The van der Waals surface area contributed by atoms with Gasteiger partial charge in [-0.25, -0.2) is 5.10 Å². The molecule has 1 aromatic rings. The summed E-state index contributed by atoms with van der Waals surface area (Å²) in [6.07, 6.45) is 1.47. The minimum Gasteiger partial charge on any atom is -0.267 e. The zero-order valence-electron chi connectivity index (χ0n) is 5.50. The maximum atomic E-state index is 10.8. The normalized spacial score (nSPS) is 9.70. The summed E-state index contributed by atoms with van der Waals surface area (Å²) in [6, 6.07) is 0. The fourth-order valence-electron chi connectivity index (χ4n) is 0.528. The summed E-state index contributed by atoms with van der Waals surface area (Å²) >= 11 is 1.46. The molecular weight excluding hydrogens is 150 g/mol. The van der Waals surface area contributed by atoms with Crippen molar-refractivity contribution >= 4 is 11.8 Å². The number of thioether (sulfide) groups is 1. The van der Waals surface area contributed by atoms with Crippen LogP contribution in [0.1, 0.15) is 6.92 Å². The number of rotatable bonds is 2. The minimum atomic E-state index is -0.165. The second-order valence-corrected chi connectivity index (χ2v) is 2.89. The van der Waals surface area contributed by atoms with E-state index in [2.05, 4.69) is 15.4 Å². The maximum Gasteiger partial charge on any atom is 0.280 e. The van der Waals surface area contributed by atoms with Crippen molar-refractivity contribution in [3.05, 3.63) is 16.6 Å². The van der Waals surface area contributed by atoms with Crippen molar-refractivity contribution in [1.29, 1.82) is 0 Å². The Balaban J connectivity index is 2.92. The summed E-state index contributed by atoms with van der Waals surface area (Å²) in [6.45, 7) is 1.98. The fraction of sp³-hybridized carbons (Fsp3) is 0.400. The molecule has 0 saturated heterocycles. The third kappa shape index (κ3) is 1.57. The van der Waals surface area contributed by atoms with Gasteiger partial charge in [-0.3, -0.25) is 4.79 Å². The van der Waals surface area contributed by atoms with Gasteiger partial charge in [0, 0.05) is 0 Å². The van der Waals surface area contributed by atoms with Crippen molar-refractivity contribution in [2.24, 2.45) is 0 Å². The van der Waals surface area contributed by atoms with E-state index in [9.17, 15) is 4.79 Å². The zero-order chi connectivity index (χ0) is 7.40. The van der Waals surface area contributed by atoms with Gasteiger partial charge in [0.25, 0.3) is 5.56 Å². The Bertz CT molecular complexity index is 259. The van der Waals surface area contributed by atoms with Crippen molar-refractivity contribution in [2.75, 3.05) is 5.75 Å². The molecule has 0 aromatic carbocycles. The van der Waals surface area contributed by atoms with Gasteiger partial charge in [0.2, 0.25) is 0 Å². The Morgan fingerprint density at radius 3 is 3.20 bits per heavy atom. The molecule has 4 nitrogen and oxygen atoms in total. The van der Waals surface area contributed by atoms with Gasteiger partial charge < -0.3 is 0 Å². The largest absolute Gasteiger partial charge is 0.280 e. The molecule has 0 saturated carbocycles. The van der Waals surface area contributed by atoms with E-state index < -0.39 is 0 Å². The molecule has 1 aromatic heterocycles. The first-order valence-electron chi connectivity index (χ1n) is 2.87. The average molecular weight is 157 g/mol. The third-order valence-electron chi connectivity index (χ3n) is 0.908. The lowest BCUT2D eigenvalue weighted by molar-refractivity contribution is 0.808. The fourth-order valence-corrected chi connectivity index (χ4v) is 1.14. The topological polar surface area (TPSA) is 58.6 Å². The molecule has 0 spiro atoms. The summed E-state index contributed by atoms with van der Waals surface area (Å²) < 4.78 is 0. The zero-order valence-corrected chi connectivity index (χ0v) is 6.31. The molecule has 0 unspecified atom stereocenters. The quantitative estimate of drug-likeness (QED) is 0.626. The van der Waals surface area contributed by atoms with E-state index in [1.807, 2.05) is 6.92 Å². The van der Waals surface area contributed by atoms with Crippen LogP contribution in [0.15, 0.2) is 15.9 Å². The highest BCUT2D eigenvalue weighted by Gasteiger charge is 1.96. The van der Waals surface area contributed by atoms with Crippen LogP contribution in [0.4, 0.5) is 0 Å². The lowest BCUT2D eigenvalue weighted by Crippen LogP contribution is -2.10. The van der Waals surface area contributed by atoms with E-state index in [1.54, 1.807) is 0 Å². The molecule has 0 aliphatic heterocycles. The smallest absolute Gasteiger partial charge is 0.267 e. The predicted octanol–water partition coefficient (Wildman–Crippen LogP) is 0.277. The maximum absolute atomic E-state index is 10.8. The lowest BCUT2D eigenvalue weighted by atomic mass is 10.7. The van der Waals surface area contributed by atoms with E-state index in [1.165, 1.54) is 18.0 Å². The number of aromatic nitrogens is 3. The van der Waals surface area contributed by atoms with Gasteiger partial charge >= 0.3 is 0 Å². The SMILES string of the molecule is CCSc1cnn[nH]c1=O. The molecule has 0 amide bonds.